The summed E-state index contributed by atoms with van der Waals surface area (Å²) in [6.07, 6.45) is 3.15. The van der Waals surface area contributed by atoms with Crippen molar-refractivity contribution in [3.8, 4) is 5.75 Å². The molecule has 4 aromatic rings. The minimum Gasteiger partial charge on any atom is -0.494 e. The molecule has 0 atom stereocenters. The first-order valence-corrected chi connectivity index (χ1v) is 11.4. The third-order valence-corrected chi connectivity index (χ3v) is 6.13. The van der Waals surface area contributed by atoms with Gasteiger partial charge in [0.2, 0.25) is 0 Å². The van der Waals surface area contributed by atoms with Crippen LogP contribution >= 0.6 is 0 Å². The van der Waals surface area contributed by atoms with Crippen LogP contribution in [-0.4, -0.2) is 45.6 Å². The summed E-state index contributed by atoms with van der Waals surface area (Å²) in [5.74, 6) is 0.678. The Labute approximate surface area is 204 Å². The van der Waals surface area contributed by atoms with Crippen LogP contribution in [0, 0.1) is 0 Å². The molecule has 1 amide bonds. The van der Waals surface area contributed by atoms with Crippen molar-refractivity contribution in [3.63, 3.8) is 0 Å². The Hall–Kier alpha value is -4.15. The predicted octanol–water partition coefficient (Wildman–Crippen LogP) is 4.75. The van der Waals surface area contributed by atoms with E-state index >= 15 is 0 Å². The van der Waals surface area contributed by atoms with Crippen LogP contribution in [0.25, 0.3) is 11.0 Å². The number of ether oxygens (including phenoxy) is 1. The number of nitrogens with one attached hydrogen (secondary N) is 1. The van der Waals surface area contributed by atoms with E-state index in [1.165, 1.54) is 19.4 Å². The minimum atomic E-state index is -4.55. The van der Waals surface area contributed by atoms with Gasteiger partial charge < -0.3 is 19.5 Å². The number of alkyl halides is 3. The van der Waals surface area contributed by atoms with Crippen molar-refractivity contribution in [2.45, 2.75) is 25.6 Å². The van der Waals surface area contributed by atoms with E-state index in [1.54, 1.807) is 35.2 Å². The summed E-state index contributed by atoms with van der Waals surface area (Å²) in [6, 6.07) is 7.70. The monoisotopic (exact) mass is 496 g/mol. The fraction of sp³-hybridized carbons (Fsp3) is 0.280. The lowest BCUT2D eigenvalue weighted by atomic mass is 10.2. The molecule has 0 radical (unpaired) electrons. The molecule has 186 valence electrons. The zero-order valence-corrected chi connectivity index (χ0v) is 19.4. The van der Waals surface area contributed by atoms with Gasteiger partial charge in [-0.15, -0.1) is 0 Å². The average molecular weight is 496 g/mol. The van der Waals surface area contributed by atoms with E-state index in [2.05, 4.69) is 25.2 Å². The van der Waals surface area contributed by atoms with Crippen LogP contribution in [0.2, 0.25) is 0 Å². The van der Waals surface area contributed by atoms with Crippen molar-refractivity contribution in [3.05, 3.63) is 71.9 Å². The van der Waals surface area contributed by atoms with Gasteiger partial charge in [-0.2, -0.15) is 13.2 Å². The summed E-state index contributed by atoms with van der Waals surface area (Å²) in [5, 5.41) is 3.01. The third-order valence-electron chi connectivity index (χ3n) is 6.13. The summed E-state index contributed by atoms with van der Waals surface area (Å²) < 4.78 is 46.9. The van der Waals surface area contributed by atoms with Crippen molar-refractivity contribution in [2.24, 2.45) is 0 Å². The quantitative estimate of drug-likeness (QED) is 0.415. The van der Waals surface area contributed by atoms with Gasteiger partial charge >= 0.3 is 6.18 Å². The zero-order chi connectivity index (χ0) is 25.3. The predicted molar refractivity (Wildman–Crippen MR) is 128 cm³/mol. The summed E-state index contributed by atoms with van der Waals surface area (Å²) in [5.41, 5.74) is 0.702. The lowest BCUT2D eigenvalue weighted by Crippen LogP contribution is -2.20. The molecule has 5 heterocycles. The normalized spacial score (nSPS) is 13.8. The lowest BCUT2D eigenvalue weighted by Gasteiger charge is -2.18. The van der Waals surface area contributed by atoms with E-state index in [4.69, 9.17) is 4.74 Å². The Kier molecular flexibility index (Phi) is 6.21. The summed E-state index contributed by atoms with van der Waals surface area (Å²) in [4.78, 5) is 28.0. The second-order valence-corrected chi connectivity index (χ2v) is 8.50. The number of hydrogen-bond donors (Lipinski definition) is 1. The molecule has 5 rings (SSSR count). The standard InChI is InChI=1S/C25H23F3N6O2/c1-36-21-12-22(33-8-2-3-9-33)30-14-19(21)32-24(35)20-11-17-10-18(25(26,27)28)13-31-23(17)34(20)15-16-4-6-29-7-5-16/h4-7,10-14H,2-3,8-9,15H2,1H3,(H,32,35). The fourth-order valence-electron chi connectivity index (χ4n) is 4.31. The molecule has 1 aliphatic rings. The highest BCUT2D eigenvalue weighted by Gasteiger charge is 2.32. The van der Waals surface area contributed by atoms with Crippen LogP contribution < -0.4 is 15.0 Å². The van der Waals surface area contributed by atoms with Crippen LogP contribution in [0.3, 0.4) is 0 Å². The Morgan fingerprint density at radius 1 is 1.08 bits per heavy atom. The molecule has 0 unspecified atom stereocenters. The van der Waals surface area contributed by atoms with Gasteiger partial charge in [0.15, 0.2) is 0 Å². The van der Waals surface area contributed by atoms with Gasteiger partial charge in [0.05, 0.1) is 18.9 Å². The van der Waals surface area contributed by atoms with E-state index < -0.39 is 17.6 Å². The number of rotatable bonds is 6. The summed E-state index contributed by atoms with van der Waals surface area (Å²) in [6.45, 7) is 2.03. The number of aromatic nitrogens is 4. The number of pyridine rings is 3. The van der Waals surface area contributed by atoms with Gasteiger partial charge in [-0.3, -0.25) is 9.78 Å². The number of methoxy groups -OCH3 is 1. The zero-order valence-electron chi connectivity index (χ0n) is 19.4. The maximum atomic E-state index is 13.4. The van der Waals surface area contributed by atoms with Crippen molar-refractivity contribution < 1.29 is 22.7 Å². The highest BCUT2D eigenvalue weighted by Crippen LogP contribution is 2.33. The number of hydrogen-bond acceptors (Lipinski definition) is 6. The molecule has 0 aromatic carbocycles. The molecule has 1 saturated heterocycles. The van der Waals surface area contributed by atoms with Crippen LogP contribution in [0.5, 0.6) is 5.75 Å². The van der Waals surface area contributed by atoms with Gasteiger partial charge in [-0.25, -0.2) is 9.97 Å². The highest BCUT2D eigenvalue weighted by atomic mass is 19.4. The topological polar surface area (TPSA) is 85.2 Å². The smallest absolute Gasteiger partial charge is 0.417 e. The maximum Gasteiger partial charge on any atom is 0.417 e. The van der Waals surface area contributed by atoms with Gasteiger partial charge in [0.25, 0.3) is 5.91 Å². The lowest BCUT2D eigenvalue weighted by molar-refractivity contribution is -0.137. The van der Waals surface area contributed by atoms with Crippen molar-refractivity contribution in [1.82, 2.24) is 19.5 Å². The molecule has 0 bridgehead atoms. The first kappa shape index (κ1) is 23.6. The first-order chi connectivity index (χ1) is 17.3. The van der Waals surface area contributed by atoms with Crippen LogP contribution in [0.1, 0.15) is 34.5 Å². The molecule has 0 saturated carbocycles. The number of carbonyl (C=O) groups excluding carboxylic acids is 1. The molecule has 11 heteroatoms. The van der Waals surface area contributed by atoms with Crippen molar-refractivity contribution >= 4 is 28.4 Å². The van der Waals surface area contributed by atoms with Crippen LogP contribution in [0.4, 0.5) is 24.7 Å². The van der Waals surface area contributed by atoms with E-state index in [-0.39, 0.29) is 23.3 Å². The van der Waals surface area contributed by atoms with E-state index in [0.29, 0.717) is 11.4 Å². The Morgan fingerprint density at radius 3 is 2.53 bits per heavy atom. The SMILES string of the molecule is COc1cc(N2CCCC2)ncc1NC(=O)c1cc2cc(C(F)(F)F)cnc2n1Cc1ccncc1. The summed E-state index contributed by atoms with van der Waals surface area (Å²) in [7, 11) is 1.50. The van der Waals surface area contributed by atoms with Crippen molar-refractivity contribution in [1.29, 1.82) is 0 Å². The second-order valence-electron chi connectivity index (χ2n) is 8.50. The number of halogens is 3. The van der Waals surface area contributed by atoms with Gasteiger partial charge in [-0.1, -0.05) is 0 Å². The molecule has 4 aromatic heterocycles. The molecule has 0 aliphatic carbocycles. The Balaban J connectivity index is 1.51. The van der Waals surface area contributed by atoms with Gasteiger partial charge in [0.1, 0.15) is 28.6 Å². The Bertz CT molecular complexity index is 1400. The van der Waals surface area contributed by atoms with Gasteiger partial charge in [-0.05, 0) is 42.7 Å². The maximum absolute atomic E-state index is 13.4. The van der Waals surface area contributed by atoms with E-state index in [1.807, 2.05) is 0 Å². The molecule has 8 nitrogen and oxygen atoms in total. The Morgan fingerprint density at radius 2 is 1.83 bits per heavy atom. The molecule has 1 fully saturated rings. The molecule has 0 spiro atoms. The molecular weight excluding hydrogens is 473 g/mol. The third kappa shape index (κ3) is 4.68. The average Bonchev–Trinajstić information content (AvgIpc) is 3.53. The number of anilines is 2. The van der Waals surface area contributed by atoms with Crippen LogP contribution in [0.15, 0.2) is 55.1 Å². The first-order valence-electron chi connectivity index (χ1n) is 11.4. The van der Waals surface area contributed by atoms with E-state index in [9.17, 15) is 18.0 Å². The van der Waals surface area contributed by atoms with Crippen molar-refractivity contribution in [2.75, 3.05) is 30.4 Å². The largest absolute Gasteiger partial charge is 0.494 e. The second kappa shape index (κ2) is 9.48. The molecular formula is C25H23F3N6O2. The van der Waals surface area contributed by atoms with Gasteiger partial charge in [0, 0.05) is 49.7 Å². The van der Waals surface area contributed by atoms with E-state index in [0.717, 1.165) is 49.6 Å². The molecule has 1 N–H and O–H groups in total. The summed E-state index contributed by atoms with van der Waals surface area (Å²) >= 11 is 0. The number of amides is 1. The molecule has 36 heavy (non-hydrogen) atoms. The molecule has 1 aliphatic heterocycles. The number of carbonyl (C=O) groups is 1. The minimum absolute atomic E-state index is 0.152. The highest BCUT2D eigenvalue weighted by molar-refractivity contribution is 6.06. The number of nitrogens with zero attached hydrogens (tertiary/aromatic N) is 5. The van der Waals surface area contributed by atoms with Crippen LogP contribution in [-0.2, 0) is 12.7 Å². The number of fused-ring (bicyclic) bond motifs is 1. The fourth-order valence-corrected chi connectivity index (χ4v) is 4.31.